The second-order valence-electron chi connectivity index (χ2n) is 8.46. The molecule has 0 aromatic carbocycles. The van der Waals surface area contributed by atoms with Gasteiger partial charge in [-0.1, -0.05) is 0 Å². The summed E-state index contributed by atoms with van der Waals surface area (Å²) in [5.74, 6) is 0. The van der Waals surface area contributed by atoms with Crippen molar-refractivity contribution in [3.05, 3.63) is 0 Å². The fraction of sp³-hybridized carbons (Fsp3) is 0.944. The van der Waals surface area contributed by atoms with Crippen molar-refractivity contribution in [3.63, 3.8) is 0 Å². The standard InChI is InChI=1S/C18H37N3O2/c1-17(2,3)21(16(22)23-18(4,5)6)15-11-19-10-9-14-20-12-7-8-13-20/h19H,7-15H2,1-6H3. The fourth-order valence-corrected chi connectivity index (χ4v) is 2.77. The normalized spacial score (nSPS) is 16.6. The minimum atomic E-state index is -0.455. The molecule has 5 nitrogen and oxygen atoms in total. The van der Waals surface area contributed by atoms with Crippen LogP contribution in [0.4, 0.5) is 4.79 Å². The first-order valence-corrected chi connectivity index (χ1v) is 9.03. The van der Waals surface area contributed by atoms with Gasteiger partial charge in [0, 0.05) is 18.6 Å². The number of nitrogens with one attached hydrogen (secondary N) is 1. The van der Waals surface area contributed by atoms with Gasteiger partial charge in [-0.3, -0.25) is 0 Å². The lowest BCUT2D eigenvalue weighted by Gasteiger charge is -2.37. The molecule has 1 heterocycles. The van der Waals surface area contributed by atoms with E-state index < -0.39 is 5.60 Å². The van der Waals surface area contributed by atoms with Crippen LogP contribution in [-0.4, -0.2) is 66.3 Å². The molecule has 0 aromatic rings. The summed E-state index contributed by atoms with van der Waals surface area (Å²) < 4.78 is 5.52. The van der Waals surface area contributed by atoms with Gasteiger partial charge in [-0.05, 0) is 87.0 Å². The number of carbonyl (C=O) groups is 1. The zero-order chi connectivity index (χ0) is 17.5. The molecule has 1 N–H and O–H groups in total. The highest BCUT2D eigenvalue weighted by Gasteiger charge is 2.30. The third kappa shape index (κ3) is 8.56. The Bertz CT molecular complexity index is 352. The van der Waals surface area contributed by atoms with Crippen LogP contribution in [0.15, 0.2) is 0 Å². The average molecular weight is 328 g/mol. The Morgan fingerprint density at radius 3 is 2.22 bits per heavy atom. The van der Waals surface area contributed by atoms with E-state index in [9.17, 15) is 4.79 Å². The van der Waals surface area contributed by atoms with Crippen LogP contribution in [0.25, 0.3) is 0 Å². The van der Waals surface area contributed by atoms with Crippen molar-refractivity contribution in [3.8, 4) is 0 Å². The largest absolute Gasteiger partial charge is 0.444 e. The van der Waals surface area contributed by atoms with E-state index in [0.717, 1.165) is 13.1 Å². The molecule has 1 amide bonds. The van der Waals surface area contributed by atoms with Crippen LogP contribution < -0.4 is 5.32 Å². The third-order valence-corrected chi connectivity index (χ3v) is 3.96. The van der Waals surface area contributed by atoms with Crippen molar-refractivity contribution in [2.24, 2.45) is 0 Å². The molecule has 0 spiro atoms. The molecule has 1 aliphatic heterocycles. The van der Waals surface area contributed by atoms with Gasteiger partial charge in [0.2, 0.25) is 0 Å². The Balaban J connectivity index is 2.27. The van der Waals surface area contributed by atoms with Gasteiger partial charge in [0.1, 0.15) is 5.60 Å². The molecule has 0 aromatic heterocycles. The highest BCUT2D eigenvalue weighted by molar-refractivity contribution is 5.69. The number of hydrogen-bond acceptors (Lipinski definition) is 4. The molecule has 5 heteroatoms. The van der Waals surface area contributed by atoms with Gasteiger partial charge < -0.3 is 19.9 Å². The highest BCUT2D eigenvalue weighted by Crippen LogP contribution is 2.17. The van der Waals surface area contributed by atoms with Gasteiger partial charge in [-0.2, -0.15) is 0 Å². The molecule has 1 aliphatic rings. The predicted octanol–water partition coefficient (Wildman–Crippen LogP) is 3.10. The fourth-order valence-electron chi connectivity index (χ4n) is 2.77. The lowest BCUT2D eigenvalue weighted by atomic mass is 10.1. The van der Waals surface area contributed by atoms with Crippen molar-refractivity contribution in [2.45, 2.75) is 71.9 Å². The summed E-state index contributed by atoms with van der Waals surface area (Å²) in [5.41, 5.74) is -0.691. The minimum absolute atomic E-state index is 0.233. The zero-order valence-corrected chi connectivity index (χ0v) is 16.1. The summed E-state index contributed by atoms with van der Waals surface area (Å²) in [6.45, 7) is 18.0. The highest BCUT2D eigenvalue weighted by atomic mass is 16.6. The molecule has 136 valence electrons. The Kier molecular flexibility index (Phi) is 7.81. The van der Waals surface area contributed by atoms with Gasteiger partial charge in [-0.25, -0.2) is 4.79 Å². The summed E-state index contributed by atoms with van der Waals surface area (Å²) in [6, 6.07) is 0. The maximum atomic E-state index is 12.4. The molecular weight excluding hydrogens is 290 g/mol. The van der Waals surface area contributed by atoms with E-state index in [1.807, 2.05) is 46.4 Å². The first-order chi connectivity index (χ1) is 10.6. The third-order valence-electron chi connectivity index (χ3n) is 3.96. The van der Waals surface area contributed by atoms with E-state index >= 15 is 0 Å². The SMILES string of the molecule is CC(C)(C)OC(=O)N(CCNCCCN1CCCC1)C(C)(C)C. The molecule has 0 bridgehead atoms. The molecular formula is C18H37N3O2. The van der Waals surface area contributed by atoms with E-state index in [4.69, 9.17) is 4.74 Å². The summed E-state index contributed by atoms with van der Waals surface area (Å²) in [5, 5.41) is 3.45. The van der Waals surface area contributed by atoms with E-state index in [1.165, 1.54) is 38.9 Å². The molecule has 0 radical (unpaired) electrons. The van der Waals surface area contributed by atoms with Crippen LogP contribution >= 0.6 is 0 Å². The Morgan fingerprint density at radius 2 is 1.70 bits per heavy atom. The molecule has 1 fully saturated rings. The molecule has 1 rings (SSSR count). The molecule has 23 heavy (non-hydrogen) atoms. The summed E-state index contributed by atoms with van der Waals surface area (Å²) in [6.07, 6.45) is 3.64. The van der Waals surface area contributed by atoms with Crippen LogP contribution in [0.5, 0.6) is 0 Å². The minimum Gasteiger partial charge on any atom is -0.444 e. The Labute approximate surface area is 142 Å². The van der Waals surface area contributed by atoms with E-state index in [0.29, 0.717) is 6.54 Å². The molecule has 0 atom stereocenters. The van der Waals surface area contributed by atoms with E-state index in [2.05, 4.69) is 10.2 Å². The summed E-state index contributed by atoms with van der Waals surface area (Å²) in [4.78, 5) is 16.7. The number of carbonyl (C=O) groups excluding carboxylic acids is 1. The van der Waals surface area contributed by atoms with Crippen molar-refractivity contribution in [1.29, 1.82) is 0 Å². The monoisotopic (exact) mass is 327 g/mol. The first-order valence-electron chi connectivity index (χ1n) is 9.03. The van der Waals surface area contributed by atoms with E-state index in [-0.39, 0.29) is 11.6 Å². The zero-order valence-electron chi connectivity index (χ0n) is 16.1. The molecule has 0 unspecified atom stereocenters. The number of rotatable bonds is 7. The Hall–Kier alpha value is -0.810. The quantitative estimate of drug-likeness (QED) is 0.730. The molecule has 1 saturated heterocycles. The van der Waals surface area contributed by atoms with E-state index in [1.54, 1.807) is 0 Å². The van der Waals surface area contributed by atoms with Crippen LogP contribution in [0.2, 0.25) is 0 Å². The first kappa shape index (κ1) is 20.2. The second-order valence-corrected chi connectivity index (χ2v) is 8.46. The van der Waals surface area contributed by atoms with Crippen LogP contribution in [-0.2, 0) is 4.74 Å². The number of likely N-dealkylation sites (tertiary alicyclic amines) is 1. The molecule has 0 aliphatic carbocycles. The van der Waals surface area contributed by atoms with Crippen molar-refractivity contribution in [2.75, 3.05) is 39.3 Å². The number of nitrogens with zero attached hydrogens (tertiary/aromatic N) is 2. The van der Waals surface area contributed by atoms with Gasteiger partial charge in [0.25, 0.3) is 0 Å². The van der Waals surface area contributed by atoms with Crippen LogP contribution in [0.1, 0.15) is 60.8 Å². The number of hydrogen-bond donors (Lipinski definition) is 1. The van der Waals surface area contributed by atoms with Crippen molar-refractivity contribution < 1.29 is 9.53 Å². The smallest absolute Gasteiger partial charge is 0.410 e. The number of ether oxygens (including phenoxy) is 1. The summed E-state index contributed by atoms with van der Waals surface area (Å²) >= 11 is 0. The lowest BCUT2D eigenvalue weighted by molar-refractivity contribution is 0.00665. The summed E-state index contributed by atoms with van der Waals surface area (Å²) in [7, 11) is 0. The Morgan fingerprint density at radius 1 is 1.09 bits per heavy atom. The average Bonchev–Trinajstić information content (AvgIpc) is 2.86. The predicted molar refractivity (Wildman–Crippen MR) is 95.9 cm³/mol. The van der Waals surface area contributed by atoms with Crippen LogP contribution in [0.3, 0.4) is 0 Å². The topological polar surface area (TPSA) is 44.8 Å². The maximum absolute atomic E-state index is 12.4. The number of amides is 1. The van der Waals surface area contributed by atoms with Gasteiger partial charge >= 0.3 is 6.09 Å². The van der Waals surface area contributed by atoms with Gasteiger partial charge in [0.15, 0.2) is 0 Å². The van der Waals surface area contributed by atoms with Crippen molar-refractivity contribution >= 4 is 6.09 Å². The lowest BCUT2D eigenvalue weighted by Crippen LogP contribution is -2.50. The molecule has 0 saturated carbocycles. The van der Waals surface area contributed by atoms with Gasteiger partial charge in [-0.15, -0.1) is 0 Å². The van der Waals surface area contributed by atoms with Gasteiger partial charge in [0.05, 0.1) is 0 Å². The van der Waals surface area contributed by atoms with Crippen LogP contribution in [0, 0.1) is 0 Å². The van der Waals surface area contributed by atoms with Crippen molar-refractivity contribution in [1.82, 2.24) is 15.1 Å². The second kappa shape index (κ2) is 8.88. The maximum Gasteiger partial charge on any atom is 0.410 e.